The highest BCUT2D eigenvalue weighted by Crippen LogP contribution is 2.43. The average Bonchev–Trinajstić information content (AvgIpc) is 2.90. The fourth-order valence-electron chi connectivity index (χ4n) is 1.48. The van der Waals surface area contributed by atoms with Crippen LogP contribution in [-0.2, 0) is 4.79 Å². The molecule has 1 heterocycles. The third-order valence-corrected chi connectivity index (χ3v) is 4.26. The minimum absolute atomic E-state index is 0.0325. The molecule has 3 nitrogen and oxygen atoms in total. The highest BCUT2D eigenvalue weighted by molar-refractivity contribution is 7.83. The molecular formula is C11H10N2OS2. The van der Waals surface area contributed by atoms with E-state index < -0.39 is 4.75 Å². The Morgan fingerprint density at radius 2 is 2.19 bits per heavy atom. The number of carbonyl (C=O) groups excluding carboxylic acids is 1. The minimum Gasteiger partial charge on any atom is -0.301 e. The summed E-state index contributed by atoms with van der Waals surface area (Å²) >= 11 is 5.81. The van der Waals surface area contributed by atoms with E-state index in [9.17, 15) is 4.79 Å². The Hall–Kier alpha value is -1.07. The van der Waals surface area contributed by atoms with Crippen LogP contribution in [0.5, 0.6) is 0 Å². The summed E-state index contributed by atoms with van der Waals surface area (Å²) in [4.78, 5) is 16.1. The fourth-order valence-corrected chi connectivity index (χ4v) is 2.51. The van der Waals surface area contributed by atoms with Gasteiger partial charge in [0, 0.05) is 0 Å². The lowest BCUT2D eigenvalue weighted by molar-refractivity contribution is -0.116. The van der Waals surface area contributed by atoms with E-state index in [2.05, 4.69) is 22.9 Å². The summed E-state index contributed by atoms with van der Waals surface area (Å²) in [5.74, 6) is -0.0325. The second kappa shape index (κ2) is 3.46. The van der Waals surface area contributed by atoms with Gasteiger partial charge >= 0.3 is 0 Å². The first-order chi connectivity index (χ1) is 7.67. The number of thiol groups is 1. The van der Waals surface area contributed by atoms with Crippen LogP contribution in [0.15, 0.2) is 24.3 Å². The third-order valence-electron chi connectivity index (χ3n) is 2.66. The van der Waals surface area contributed by atoms with E-state index >= 15 is 0 Å². The molecule has 5 heteroatoms. The van der Waals surface area contributed by atoms with Gasteiger partial charge in [-0.2, -0.15) is 12.6 Å². The van der Waals surface area contributed by atoms with Crippen LogP contribution < -0.4 is 5.32 Å². The number of para-hydroxylation sites is 1. The normalized spacial score (nSPS) is 17.3. The number of hydrogen-bond acceptors (Lipinski definition) is 4. The van der Waals surface area contributed by atoms with Gasteiger partial charge in [-0.05, 0) is 25.0 Å². The van der Waals surface area contributed by atoms with Crippen LogP contribution in [0.2, 0.25) is 0 Å². The molecule has 0 bridgehead atoms. The number of carbonyl (C=O) groups is 1. The van der Waals surface area contributed by atoms with E-state index in [1.807, 2.05) is 24.3 Å². The van der Waals surface area contributed by atoms with Crippen LogP contribution in [0.1, 0.15) is 12.8 Å². The molecule has 1 N–H and O–H groups in total. The van der Waals surface area contributed by atoms with Crippen LogP contribution in [0.25, 0.3) is 10.2 Å². The number of hydrogen-bond donors (Lipinski definition) is 2. The first kappa shape index (κ1) is 10.1. The molecule has 1 aliphatic rings. The van der Waals surface area contributed by atoms with Crippen LogP contribution in [0, 0.1) is 0 Å². The molecule has 0 saturated heterocycles. The molecule has 1 saturated carbocycles. The Bertz CT molecular complexity index is 527. The maximum atomic E-state index is 11.8. The van der Waals surface area contributed by atoms with Crippen LogP contribution in [0.4, 0.5) is 5.13 Å². The molecular weight excluding hydrogens is 240 g/mol. The molecule has 16 heavy (non-hydrogen) atoms. The van der Waals surface area contributed by atoms with E-state index in [4.69, 9.17) is 0 Å². The van der Waals surface area contributed by atoms with Gasteiger partial charge in [0.1, 0.15) is 0 Å². The Kier molecular flexibility index (Phi) is 2.19. The number of aromatic nitrogens is 1. The molecule has 3 rings (SSSR count). The SMILES string of the molecule is O=C(Nc1nc2ccccc2s1)C1(S)CC1. The lowest BCUT2D eigenvalue weighted by Gasteiger charge is -2.05. The highest BCUT2D eigenvalue weighted by Gasteiger charge is 2.46. The smallest absolute Gasteiger partial charge is 0.242 e. The van der Waals surface area contributed by atoms with Gasteiger partial charge in [0.15, 0.2) is 5.13 Å². The molecule has 0 radical (unpaired) electrons. The molecule has 1 aliphatic carbocycles. The summed E-state index contributed by atoms with van der Waals surface area (Å²) in [6, 6.07) is 7.84. The quantitative estimate of drug-likeness (QED) is 0.805. The van der Waals surface area contributed by atoms with Crippen LogP contribution >= 0.6 is 24.0 Å². The van der Waals surface area contributed by atoms with Gasteiger partial charge in [-0.15, -0.1) is 0 Å². The Labute approximate surface area is 102 Å². The lowest BCUT2D eigenvalue weighted by Crippen LogP contribution is -2.24. The fraction of sp³-hybridized carbons (Fsp3) is 0.273. The van der Waals surface area contributed by atoms with E-state index in [0.29, 0.717) is 5.13 Å². The van der Waals surface area contributed by atoms with E-state index in [1.54, 1.807) is 0 Å². The van der Waals surface area contributed by atoms with Crippen LogP contribution in [0.3, 0.4) is 0 Å². The largest absolute Gasteiger partial charge is 0.301 e. The number of nitrogens with one attached hydrogen (secondary N) is 1. The van der Waals surface area contributed by atoms with Gasteiger partial charge < -0.3 is 5.32 Å². The monoisotopic (exact) mass is 250 g/mol. The first-order valence-corrected chi connectivity index (χ1v) is 6.33. The van der Waals surface area contributed by atoms with Gasteiger partial charge in [-0.3, -0.25) is 4.79 Å². The van der Waals surface area contributed by atoms with Gasteiger partial charge in [0.25, 0.3) is 0 Å². The van der Waals surface area contributed by atoms with Gasteiger partial charge in [-0.1, -0.05) is 23.5 Å². The summed E-state index contributed by atoms with van der Waals surface area (Å²) in [7, 11) is 0. The van der Waals surface area contributed by atoms with Crippen molar-refractivity contribution in [1.82, 2.24) is 4.98 Å². The second-order valence-corrected chi connectivity index (χ2v) is 5.86. The lowest BCUT2D eigenvalue weighted by atomic mass is 10.3. The predicted molar refractivity (Wildman–Crippen MR) is 69.2 cm³/mol. The highest BCUT2D eigenvalue weighted by atomic mass is 32.1. The Morgan fingerprint density at radius 1 is 1.44 bits per heavy atom. The summed E-state index contributed by atoms with van der Waals surface area (Å²) < 4.78 is 0.638. The number of anilines is 1. The van der Waals surface area contributed by atoms with Crippen molar-refractivity contribution < 1.29 is 4.79 Å². The van der Waals surface area contributed by atoms with Gasteiger partial charge in [-0.25, -0.2) is 4.98 Å². The van der Waals surface area contributed by atoms with Crippen molar-refractivity contribution in [1.29, 1.82) is 0 Å². The molecule has 1 aromatic carbocycles. The topological polar surface area (TPSA) is 42.0 Å². The number of benzene rings is 1. The molecule has 1 aromatic heterocycles. The van der Waals surface area contributed by atoms with E-state index in [1.165, 1.54) is 11.3 Å². The Balaban J connectivity index is 1.87. The van der Waals surface area contributed by atoms with E-state index in [0.717, 1.165) is 23.1 Å². The Morgan fingerprint density at radius 3 is 2.88 bits per heavy atom. The number of rotatable bonds is 2. The van der Waals surface area contributed by atoms with Crippen molar-refractivity contribution in [2.24, 2.45) is 0 Å². The van der Waals surface area contributed by atoms with Gasteiger partial charge in [0.05, 0.1) is 15.0 Å². The van der Waals surface area contributed by atoms with Crippen molar-refractivity contribution in [3.63, 3.8) is 0 Å². The first-order valence-electron chi connectivity index (χ1n) is 5.07. The summed E-state index contributed by atoms with van der Waals surface area (Å²) in [5, 5.41) is 3.48. The molecule has 1 fully saturated rings. The zero-order valence-corrected chi connectivity index (χ0v) is 10.1. The second-order valence-electron chi connectivity index (χ2n) is 3.97. The van der Waals surface area contributed by atoms with Gasteiger partial charge in [0.2, 0.25) is 5.91 Å². The number of fused-ring (bicyclic) bond motifs is 1. The van der Waals surface area contributed by atoms with Crippen LogP contribution in [-0.4, -0.2) is 15.6 Å². The molecule has 1 amide bonds. The number of nitrogens with zero attached hydrogens (tertiary/aromatic N) is 1. The zero-order valence-electron chi connectivity index (χ0n) is 8.43. The molecule has 2 aromatic rings. The van der Waals surface area contributed by atoms with Crippen molar-refractivity contribution in [3.8, 4) is 0 Å². The van der Waals surface area contributed by atoms with Crippen molar-refractivity contribution in [3.05, 3.63) is 24.3 Å². The summed E-state index contributed by atoms with van der Waals surface area (Å²) in [6.45, 7) is 0. The average molecular weight is 250 g/mol. The van der Waals surface area contributed by atoms with Crippen molar-refractivity contribution in [2.45, 2.75) is 17.6 Å². The number of thiazole rings is 1. The number of amides is 1. The van der Waals surface area contributed by atoms with Crippen molar-refractivity contribution in [2.75, 3.05) is 5.32 Å². The standard InChI is InChI=1S/C11H10N2OS2/c14-9(11(15)5-6-11)13-10-12-7-3-1-2-4-8(7)16-10/h1-4,15H,5-6H2,(H,12,13,14). The van der Waals surface area contributed by atoms with Crippen molar-refractivity contribution >= 4 is 45.2 Å². The molecule has 0 unspecified atom stereocenters. The molecule has 0 spiro atoms. The molecule has 82 valence electrons. The maximum absolute atomic E-state index is 11.8. The zero-order chi connectivity index (χ0) is 11.2. The molecule has 0 aliphatic heterocycles. The predicted octanol–water partition coefficient (Wildman–Crippen LogP) is 2.70. The summed E-state index contributed by atoms with van der Waals surface area (Å²) in [6.07, 6.45) is 1.71. The maximum Gasteiger partial charge on any atom is 0.242 e. The van der Waals surface area contributed by atoms with E-state index in [-0.39, 0.29) is 5.91 Å². The summed E-state index contributed by atoms with van der Waals surface area (Å²) in [5.41, 5.74) is 0.923. The molecule has 0 atom stereocenters. The third kappa shape index (κ3) is 1.70. The minimum atomic E-state index is -0.447.